The van der Waals surface area contributed by atoms with E-state index in [4.69, 9.17) is 4.42 Å². The first-order valence-electron chi connectivity index (χ1n) is 17.3. The van der Waals surface area contributed by atoms with Crippen LogP contribution in [-0.4, -0.2) is 13.3 Å². The summed E-state index contributed by atoms with van der Waals surface area (Å²) in [6.45, 7) is 15.1. The molecule has 1 radical (unpaired) electrons. The molecule has 3 heterocycles. The van der Waals surface area contributed by atoms with Crippen molar-refractivity contribution in [1.29, 1.82) is 0 Å². The predicted octanol–water partition coefficient (Wildman–Crippen LogP) is 10.5. The molecule has 0 aliphatic heterocycles. The summed E-state index contributed by atoms with van der Waals surface area (Å²) in [5.74, 6) is 7.83. The molecule has 0 saturated heterocycles. The van der Waals surface area contributed by atoms with Gasteiger partial charge in [0.15, 0.2) is 0 Å². The number of hydrogen-bond acceptors (Lipinski definition) is 1. The molecule has 0 aliphatic carbocycles. The van der Waals surface area contributed by atoms with Crippen molar-refractivity contribution in [2.75, 3.05) is 0 Å². The molecule has 7 aromatic rings. The largest absolute Gasteiger partial charge is 0 e. The molecule has 0 spiro atoms. The Balaban J connectivity index is 0.000000218. The van der Waals surface area contributed by atoms with Gasteiger partial charge in [0.2, 0.25) is 0 Å². The third-order valence-electron chi connectivity index (χ3n) is 9.31. The summed E-state index contributed by atoms with van der Waals surface area (Å²) in [7, 11) is 8.39. The molecule has 0 atom stereocenters. The van der Waals surface area contributed by atoms with Crippen LogP contribution in [0, 0.1) is 40.8 Å². The Bertz CT molecular complexity index is 2320. The summed E-state index contributed by atoms with van der Waals surface area (Å²) in [5, 5.41) is 2.22. The Labute approximate surface area is 321 Å². The molecule has 51 heavy (non-hydrogen) atoms. The number of benzene rings is 4. The minimum absolute atomic E-state index is 0. The van der Waals surface area contributed by atoms with Crippen molar-refractivity contribution in [3.63, 3.8) is 0 Å². The normalized spacial score (nSPS) is 11.4. The van der Waals surface area contributed by atoms with Crippen LogP contribution in [-0.2, 0) is 26.5 Å². The van der Waals surface area contributed by atoms with Gasteiger partial charge in [-0.25, -0.2) is 0 Å². The van der Waals surface area contributed by atoms with E-state index >= 15 is 0 Å². The number of aryl methyl sites for hydroxylation is 1. The van der Waals surface area contributed by atoms with E-state index < -0.39 is 13.3 Å². The second kappa shape index (κ2) is 15.5. The average Bonchev–Trinajstić information content (AvgIpc) is 3.45. The van der Waals surface area contributed by atoms with Crippen LogP contribution < -0.4 is 13.5 Å². The van der Waals surface area contributed by atoms with E-state index in [1.54, 1.807) is 0 Å². The average molecular weight is 910 g/mol. The van der Waals surface area contributed by atoms with Crippen molar-refractivity contribution < 1.29 is 33.7 Å². The molecule has 0 amide bonds. The summed E-state index contributed by atoms with van der Waals surface area (Å²) in [4.78, 5) is 0. The van der Waals surface area contributed by atoms with Gasteiger partial charge in [-0.15, -0.1) is 6.07 Å². The van der Waals surface area contributed by atoms with Gasteiger partial charge in [0.1, 0.15) is 5.58 Å². The van der Waals surface area contributed by atoms with E-state index in [2.05, 4.69) is 157 Å². The number of hydrogen-bond donors (Lipinski definition) is 0. The molecule has 0 N–H and O–H groups in total. The summed E-state index contributed by atoms with van der Waals surface area (Å²) in [5.41, 5.74) is 13.1. The SMILES string of the molecule is [CH2-]c1ccc2c(oc3cc(-c4ccccc4)ccc32)c1-c1cc(CC(C)C)cc[n+]1[CH2-].[CH2-]c1ccccc1-c1cc(C)[c]([Ge]([CH3])([CH3])[CH3])c[n+]1[CH2-].[Ir]. The van der Waals surface area contributed by atoms with Crippen molar-refractivity contribution in [3.8, 4) is 33.6 Å². The molecule has 0 saturated carbocycles. The smallest absolute Gasteiger partial charge is 0 e. The first-order chi connectivity index (χ1) is 23.8. The van der Waals surface area contributed by atoms with Crippen LogP contribution in [0.3, 0.4) is 0 Å². The van der Waals surface area contributed by atoms with E-state index in [1.807, 2.05) is 33.5 Å². The minimum Gasteiger partial charge on any atom is 0 e. The monoisotopic (exact) mass is 911 g/mol. The third-order valence-corrected chi connectivity index (χ3v) is 13.8. The molecule has 3 nitrogen and oxygen atoms in total. The van der Waals surface area contributed by atoms with Crippen LogP contribution in [0.1, 0.15) is 36.1 Å². The van der Waals surface area contributed by atoms with E-state index in [9.17, 15) is 0 Å². The number of furan rings is 1. The number of nitrogens with zero attached hydrogens (tertiary/aromatic N) is 2. The van der Waals surface area contributed by atoms with Crippen LogP contribution in [0.25, 0.3) is 55.6 Å². The number of pyridine rings is 2. The van der Waals surface area contributed by atoms with Crippen LogP contribution in [0.5, 0.6) is 0 Å². The Morgan fingerprint density at radius 3 is 2.08 bits per heavy atom. The van der Waals surface area contributed by atoms with Gasteiger partial charge >= 0.3 is 119 Å². The van der Waals surface area contributed by atoms with Gasteiger partial charge in [0, 0.05) is 37.9 Å². The zero-order valence-corrected chi connectivity index (χ0v) is 35.2. The number of aromatic nitrogens is 2. The van der Waals surface area contributed by atoms with Crippen LogP contribution in [0.15, 0.2) is 120 Å². The standard InChI is InChI=1S/C29H26NO.C17H22GeN.Ir/c1-19(2)16-21-14-15-30(4)26(17-21)28-20(3)10-12-25-24-13-11-23(18-27(24)31-29(25)28)22-8-6-5-7-9-22;1-13-9-7-8-10-15(13)17-11-14(2)16(12-19(17)6)18(3,4)5;/h5-15,17-19H,3-4,16H2,1-2H3;7-12H,1,6H2,2-5H3;/q2*-1;. The van der Waals surface area contributed by atoms with Crippen molar-refractivity contribution in [3.05, 3.63) is 166 Å². The van der Waals surface area contributed by atoms with E-state index in [0.717, 1.165) is 67.6 Å². The van der Waals surface area contributed by atoms with E-state index in [-0.39, 0.29) is 20.1 Å². The quantitative estimate of drug-likeness (QED) is 0.0925. The Morgan fingerprint density at radius 1 is 0.706 bits per heavy atom. The Hall–Kier alpha value is -4.35. The van der Waals surface area contributed by atoms with E-state index in [1.165, 1.54) is 21.1 Å². The maximum atomic E-state index is 6.48. The molecule has 0 unspecified atom stereocenters. The molecule has 0 fully saturated rings. The Kier molecular flexibility index (Phi) is 11.5. The molecule has 7 rings (SSSR count). The number of fused-ring (bicyclic) bond motifs is 3. The number of rotatable bonds is 6. The van der Waals surface area contributed by atoms with Gasteiger partial charge in [-0.05, 0) is 35.6 Å². The summed E-state index contributed by atoms with van der Waals surface area (Å²) < 4.78 is 11.9. The van der Waals surface area contributed by atoms with E-state index in [0.29, 0.717) is 5.92 Å². The fourth-order valence-electron chi connectivity index (χ4n) is 6.84. The predicted molar refractivity (Wildman–Crippen MR) is 214 cm³/mol. The second-order valence-electron chi connectivity index (χ2n) is 14.8. The summed E-state index contributed by atoms with van der Waals surface area (Å²) in [6, 6.07) is 35.9. The van der Waals surface area contributed by atoms with Gasteiger partial charge in [-0.3, -0.25) is 0 Å². The van der Waals surface area contributed by atoms with Gasteiger partial charge in [-0.2, -0.15) is 18.6 Å². The van der Waals surface area contributed by atoms with Crippen molar-refractivity contribution in [1.82, 2.24) is 0 Å². The molecule has 4 aromatic carbocycles. The fourth-order valence-corrected chi connectivity index (χ4v) is 10.6. The second-order valence-corrected chi connectivity index (χ2v) is 25.3. The Morgan fingerprint density at radius 2 is 1.39 bits per heavy atom. The molecule has 263 valence electrons. The fraction of sp³-hybridized carbons (Fsp3) is 0.174. The van der Waals surface area contributed by atoms with Gasteiger partial charge in [0.25, 0.3) is 0 Å². The maximum Gasteiger partial charge on any atom is 0 e. The van der Waals surface area contributed by atoms with Crippen molar-refractivity contribution >= 4 is 39.6 Å². The maximum absolute atomic E-state index is 6.48. The van der Waals surface area contributed by atoms with Gasteiger partial charge < -0.3 is 8.98 Å². The van der Waals surface area contributed by atoms with Crippen LogP contribution in [0.4, 0.5) is 0 Å². The summed E-state index contributed by atoms with van der Waals surface area (Å²) >= 11 is -1.83. The third kappa shape index (κ3) is 8.10. The zero-order valence-electron chi connectivity index (χ0n) is 30.7. The molecule has 5 heteroatoms. The van der Waals surface area contributed by atoms with Gasteiger partial charge in [-0.1, -0.05) is 73.5 Å². The summed E-state index contributed by atoms with van der Waals surface area (Å²) in [6.07, 6.45) is 5.27. The zero-order chi connectivity index (χ0) is 35.7. The van der Waals surface area contributed by atoms with Crippen molar-refractivity contribution in [2.24, 2.45) is 5.92 Å². The van der Waals surface area contributed by atoms with Crippen LogP contribution in [0.2, 0.25) is 17.3 Å². The minimum atomic E-state index is -1.83. The first-order valence-corrected chi connectivity index (χ1v) is 24.7. The van der Waals surface area contributed by atoms with Gasteiger partial charge in [0.05, 0.1) is 17.5 Å². The molecule has 0 bridgehead atoms. The van der Waals surface area contributed by atoms with Crippen molar-refractivity contribution in [2.45, 2.75) is 44.5 Å². The molecule has 3 aromatic heterocycles. The van der Waals surface area contributed by atoms with Crippen LogP contribution >= 0.6 is 0 Å². The topological polar surface area (TPSA) is 20.9 Å². The molecule has 0 aliphatic rings. The molecular formula is C46H48GeIrN2O-2. The molecular weight excluding hydrogens is 861 g/mol. The first kappa shape index (κ1) is 37.9.